The van der Waals surface area contributed by atoms with Crippen LogP contribution in [-0.2, 0) is 9.53 Å². The zero-order chi connectivity index (χ0) is 16.1. The standard InChI is InChI=1S/C16H18N2O3S/c1-21-16(20)14(9-22-2)18-15(19)12-7-8-13(17)11-6-4-3-5-10(11)12/h3-8,14H,9,17H2,1-2H3,(H,18,19). The predicted molar refractivity (Wildman–Crippen MR) is 90.0 cm³/mol. The number of amides is 1. The van der Waals surface area contributed by atoms with E-state index in [0.717, 1.165) is 10.8 Å². The van der Waals surface area contributed by atoms with Crippen LogP contribution in [0, 0.1) is 0 Å². The van der Waals surface area contributed by atoms with E-state index in [2.05, 4.69) is 5.32 Å². The van der Waals surface area contributed by atoms with Crippen LogP contribution in [0.15, 0.2) is 36.4 Å². The lowest BCUT2D eigenvalue weighted by Gasteiger charge is -2.16. The molecule has 1 atom stereocenters. The number of carbonyl (C=O) groups is 2. The minimum atomic E-state index is -0.677. The number of fused-ring (bicyclic) bond motifs is 1. The number of hydrogen-bond acceptors (Lipinski definition) is 5. The van der Waals surface area contributed by atoms with Gasteiger partial charge in [-0.25, -0.2) is 4.79 Å². The molecule has 1 amide bonds. The lowest BCUT2D eigenvalue weighted by Crippen LogP contribution is -2.43. The van der Waals surface area contributed by atoms with Crippen LogP contribution >= 0.6 is 11.8 Å². The molecule has 0 fully saturated rings. The van der Waals surface area contributed by atoms with Gasteiger partial charge in [-0.2, -0.15) is 11.8 Å². The van der Waals surface area contributed by atoms with Gasteiger partial charge in [0.05, 0.1) is 7.11 Å². The summed E-state index contributed by atoms with van der Waals surface area (Å²) in [6.07, 6.45) is 1.86. The topological polar surface area (TPSA) is 81.4 Å². The van der Waals surface area contributed by atoms with Crippen molar-refractivity contribution >= 4 is 40.1 Å². The van der Waals surface area contributed by atoms with Crippen LogP contribution in [0.5, 0.6) is 0 Å². The highest BCUT2D eigenvalue weighted by Gasteiger charge is 2.22. The quantitative estimate of drug-likeness (QED) is 0.651. The minimum Gasteiger partial charge on any atom is -0.467 e. The molecule has 0 bridgehead atoms. The molecule has 0 heterocycles. The molecular weight excluding hydrogens is 300 g/mol. The molecule has 0 radical (unpaired) electrons. The highest BCUT2D eigenvalue weighted by atomic mass is 32.2. The van der Waals surface area contributed by atoms with E-state index in [1.165, 1.54) is 18.9 Å². The molecule has 1 unspecified atom stereocenters. The number of hydrogen-bond donors (Lipinski definition) is 2. The van der Waals surface area contributed by atoms with Crippen LogP contribution in [0.4, 0.5) is 5.69 Å². The smallest absolute Gasteiger partial charge is 0.329 e. The number of rotatable bonds is 5. The van der Waals surface area contributed by atoms with Gasteiger partial charge in [-0.1, -0.05) is 24.3 Å². The lowest BCUT2D eigenvalue weighted by molar-refractivity contribution is -0.142. The maximum atomic E-state index is 12.5. The van der Waals surface area contributed by atoms with Gasteiger partial charge in [0, 0.05) is 22.4 Å². The summed E-state index contributed by atoms with van der Waals surface area (Å²) < 4.78 is 4.72. The van der Waals surface area contributed by atoms with E-state index >= 15 is 0 Å². The second-order valence-corrected chi connectivity index (χ2v) is 5.66. The fraction of sp³-hybridized carbons (Fsp3) is 0.250. The van der Waals surface area contributed by atoms with Gasteiger partial charge in [-0.15, -0.1) is 0 Å². The van der Waals surface area contributed by atoms with Gasteiger partial charge in [0.15, 0.2) is 0 Å². The average Bonchev–Trinajstić information content (AvgIpc) is 2.54. The molecule has 0 saturated heterocycles. The maximum Gasteiger partial charge on any atom is 0.329 e. The number of nitrogens with one attached hydrogen (secondary N) is 1. The largest absolute Gasteiger partial charge is 0.467 e. The van der Waals surface area contributed by atoms with Gasteiger partial charge in [-0.05, 0) is 23.8 Å². The zero-order valence-corrected chi connectivity index (χ0v) is 13.3. The van der Waals surface area contributed by atoms with Crippen molar-refractivity contribution in [2.75, 3.05) is 24.9 Å². The van der Waals surface area contributed by atoms with Crippen LogP contribution in [0.1, 0.15) is 10.4 Å². The van der Waals surface area contributed by atoms with Gasteiger partial charge in [-0.3, -0.25) is 4.79 Å². The molecule has 0 aliphatic carbocycles. The number of nitrogen functional groups attached to an aromatic ring is 1. The monoisotopic (exact) mass is 318 g/mol. The van der Waals surface area contributed by atoms with E-state index in [1.807, 2.05) is 30.5 Å². The second kappa shape index (κ2) is 7.17. The highest BCUT2D eigenvalue weighted by molar-refractivity contribution is 7.98. The minimum absolute atomic E-state index is 0.319. The van der Waals surface area contributed by atoms with Crippen molar-refractivity contribution in [1.82, 2.24) is 5.32 Å². The van der Waals surface area contributed by atoms with E-state index in [1.54, 1.807) is 12.1 Å². The molecule has 2 aromatic rings. The summed E-state index contributed by atoms with van der Waals surface area (Å²) >= 11 is 1.46. The first-order chi connectivity index (χ1) is 10.6. The number of esters is 1. The van der Waals surface area contributed by atoms with Crippen molar-refractivity contribution in [3.8, 4) is 0 Å². The molecule has 2 rings (SSSR count). The summed E-state index contributed by atoms with van der Waals surface area (Å²) in [5.41, 5.74) is 7.03. The van der Waals surface area contributed by atoms with E-state index in [0.29, 0.717) is 17.0 Å². The van der Waals surface area contributed by atoms with Crippen molar-refractivity contribution in [2.45, 2.75) is 6.04 Å². The SMILES string of the molecule is COC(=O)C(CSC)NC(=O)c1ccc(N)c2ccccc12. The summed E-state index contributed by atoms with van der Waals surface area (Å²) in [4.78, 5) is 24.2. The Kier molecular flexibility index (Phi) is 5.27. The number of methoxy groups -OCH3 is 1. The second-order valence-electron chi connectivity index (χ2n) is 4.75. The molecule has 5 nitrogen and oxygen atoms in total. The molecule has 2 aromatic carbocycles. The van der Waals surface area contributed by atoms with E-state index < -0.39 is 12.0 Å². The fourth-order valence-electron chi connectivity index (χ4n) is 2.23. The molecule has 0 spiro atoms. The highest BCUT2D eigenvalue weighted by Crippen LogP contribution is 2.24. The van der Waals surface area contributed by atoms with Gasteiger partial charge in [0.25, 0.3) is 5.91 Å². The zero-order valence-electron chi connectivity index (χ0n) is 12.5. The number of benzene rings is 2. The summed E-state index contributed by atoms with van der Waals surface area (Å²) in [7, 11) is 1.31. The first-order valence-electron chi connectivity index (χ1n) is 6.73. The Morgan fingerprint density at radius 3 is 2.55 bits per heavy atom. The molecule has 3 N–H and O–H groups in total. The van der Waals surface area contributed by atoms with Crippen molar-refractivity contribution < 1.29 is 14.3 Å². The number of ether oxygens (including phenoxy) is 1. The number of thioether (sulfide) groups is 1. The normalized spacial score (nSPS) is 11.9. The lowest BCUT2D eigenvalue weighted by atomic mass is 10.0. The average molecular weight is 318 g/mol. The van der Waals surface area contributed by atoms with Crippen molar-refractivity contribution in [2.24, 2.45) is 0 Å². The van der Waals surface area contributed by atoms with Crippen LogP contribution in [0.25, 0.3) is 10.8 Å². The van der Waals surface area contributed by atoms with Gasteiger partial charge in [0.2, 0.25) is 0 Å². The third kappa shape index (κ3) is 3.33. The fourth-order valence-corrected chi connectivity index (χ4v) is 2.79. The summed E-state index contributed by atoms with van der Waals surface area (Å²) in [5, 5.41) is 4.29. The van der Waals surface area contributed by atoms with Gasteiger partial charge in [0.1, 0.15) is 6.04 Å². The molecule has 116 valence electrons. The molecule has 22 heavy (non-hydrogen) atoms. The molecule has 6 heteroatoms. The Balaban J connectivity index is 2.33. The summed E-state index contributed by atoms with van der Waals surface area (Å²) in [6.45, 7) is 0. The Bertz CT molecular complexity index is 703. The Morgan fingerprint density at radius 1 is 1.23 bits per heavy atom. The Hall–Kier alpha value is -2.21. The van der Waals surface area contributed by atoms with Crippen LogP contribution in [0.2, 0.25) is 0 Å². The van der Waals surface area contributed by atoms with Crippen LogP contribution < -0.4 is 11.1 Å². The Labute approximate surface area is 133 Å². The Morgan fingerprint density at radius 2 is 1.91 bits per heavy atom. The predicted octanol–water partition coefficient (Wildman–Crippen LogP) is 2.06. The summed E-state index contributed by atoms with van der Waals surface area (Å²) in [6, 6.07) is 10.1. The van der Waals surface area contributed by atoms with E-state index in [9.17, 15) is 9.59 Å². The van der Waals surface area contributed by atoms with Crippen LogP contribution in [-0.4, -0.2) is 37.0 Å². The maximum absolute atomic E-state index is 12.5. The third-order valence-electron chi connectivity index (χ3n) is 3.33. The van der Waals surface area contributed by atoms with Gasteiger partial charge >= 0.3 is 5.97 Å². The first kappa shape index (κ1) is 16.2. The first-order valence-corrected chi connectivity index (χ1v) is 8.12. The van der Waals surface area contributed by atoms with Crippen molar-refractivity contribution in [3.63, 3.8) is 0 Å². The summed E-state index contributed by atoms with van der Waals surface area (Å²) in [5.74, 6) is -0.325. The molecular formula is C16H18N2O3S. The van der Waals surface area contributed by atoms with Crippen molar-refractivity contribution in [1.29, 1.82) is 0 Å². The van der Waals surface area contributed by atoms with E-state index in [4.69, 9.17) is 10.5 Å². The van der Waals surface area contributed by atoms with Gasteiger partial charge < -0.3 is 15.8 Å². The number of nitrogens with two attached hydrogens (primary N) is 1. The molecule has 0 aliphatic rings. The molecule has 0 saturated carbocycles. The molecule has 0 aliphatic heterocycles. The number of anilines is 1. The third-order valence-corrected chi connectivity index (χ3v) is 3.99. The molecule has 0 aromatic heterocycles. The van der Waals surface area contributed by atoms with Crippen molar-refractivity contribution in [3.05, 3.63) is 42.0 Å². The van der Waals surface area contributed by atoms with E-state index in [-0.39, 0.29) is 5.91 Å². The van der Waals surface area contributed by atoms with Crippen LogP contribution in [0.3, 0.4) is 0 Å². The number of carbonyl (C=O) groups excluding carboxylic acids is 2.